The van der Waals surface area contributed by atoms with E-state index in [1.807, 2.05) is 16.8 Å². The van der Waals surface area contributed by atoms with Gasteiger partial charge in [-0.1, -0.05) is 13.8 Å². The Morgan fingerprint density at radius 2 is 1.67 bits per heavy atom. The summed E-state index contributed by atoms with van der Waals surface area (Å²) in [7, 11) is 1.85. The van der Waals surface area contributed by atoms with Crippen LogP contribution in [0.4, 0.5) is 0 Å². The first kappa shape index (κ1) is 14.4. The third kappa shape index (κ3) is 6.47. The van der Waals surface area contributed by atoms with Crippen LogP contribution in [0.1, 0.15) is 26.7 Å². The van der Waals surface area contributed by atoms with E-state index in [0.29, 0.717) is 13.1 Å². The second-order valence-electron chi connectivity index (χ2n) is 3.84. The Kier molecular flexibility index (Phi) is 8.33. The Labute approximate surface area is 92.9 Å². The van der Waals surface area contributed by atoms with Crippen molar-refractivity contribution in [2.75, 3.05) is 39.8 Å². The second kappa shape index (κ2) is 8.68. The monoisotopic (exact) mass is 216 g/mol. The van der Waals surface area contributed by atoms with Crippen molar-refractivity contribution in [2.45, 2.75) is 26.7 Å². The maximum Gasteiger partial charge on any atom is 0.236 e. The first-order valence-corrected chi connectivity index (χ1v) is 5.72. The van der Waals surface area contributed by atoms with Gasteiger partial charge in [-0.3, -0.25) is 9.69 Å². The highest BCUT2D eigenvalue weighted by atomic mass is 16.3. The highest BCUT2D eigenvalue weighted by Crippen LogP contribution is 1.96. The maximum absolute atomic E-state index is 11.8. The molecule has 0 aliphatic heterocycles. The van der Waals surface area contributed by atoms with E-state index in [9.17, 15) is 4.79 Å². The third-order valence-corrected chi connectivity index (χ3v) is 2.23. The Morgan fingerprint density at radius 3 is 2.07 bits per heavy atom. The SMILES string of the molecule is CCCN(CCC)C(=O)CN(C)CCO. The lowest BCUT2D eigenvalue weighted by molar-refractivity contribution is -0.132. The quantitative estimate of drug-likeness (QED) is 0.645. The van der Waals surface area contributed by atoms with Crippen molar-refractivity contribution in [2.24, 2.45) is 0 Å². The second-order valence-corrected chi connectivity index (χ2v) is 3.84. The summed E-state index contributed by atoms with van der Waals surface area (Å²) in [5, 5.41) is 8.73. The predicted molar refractivity (Wildman–Crippen MR) is 61.7 cm³/mol. The van der Waals surface area contributed by atoms with Gasteiger partial charge in [0.2, 0.25) is 5.91 Å². The molecule has 0 heterocycles. The molecule has 0 fully saturated rings. The molecule has 0 radical (unpaired) electrons. The maximum atomic E-state index is 11.8. The highest BCUT2D eigenvalue weighted by Gasteiger charge is 2.13. The molecule has 4 heteroatoms. The Bertz CT molecular complexity index is 168. The van der Waals surface area contributed by atoms with Crippen LogP contribution in [0.25, 0.3) is 0 Å². The predicted octanol–water partition coefficient (Wildman–Crippen LogP) is 0.559. The van der Waals surface area contributed by atoms with Crippen LogP contribution in [0.2, 0.25) is 0 Å². The van der Waals surface area contributed by atoms with Crippen molar-refractivity contribution in [3.8, 4) is 0 Å². The molecule has 0 spiro atoms. The molecule has 0 aliphatic carbocycles. The Morgan fingerprint density at radius 1 is 1.13 bits per heavy atom. The zero-order valence-corrected chi connectivity index (χ0v) is 10.2. The third-order valence-electron chi connectivity index (χ3n) is 2.23. The summed E-state index contributed by atoms with van der Waals surface area (Å²) in [6.45, 7) is 6.88. The molecule has 0 aromatic heterocycles. The normalized spacial score (nSPS) is 10.7. The van der Waals surface area contributed by atoms with Crippen molar-refractivity contribution in [3.05, 3.63) is 0 Å². The number of nitrogens with zero attached hydrogens (tertiary/aromatic N) is 2. The van der Waals surface area contributed by atoms with Crippen LogP contribution in [-0.4, -0.2) is 60.6 Å². The van der Waals surface area contributed by atoms with E-state index in [1.165, 1.54) is 0 Å². The highest BCUT2D eigenvalue weighted by molar-refractivity contribution is 5.78. The molecule has 0 bridgehead atoms. The molecule has 0 saturated carbocycles. The van der Waals surface area contributed by atoms with Crippen LogP contribution in [-0.2, 0) is 4.79 Å². The van der Waals surface area contributed by atoms with Crippen molar-refractivity contribution >= 4 is 5.91 Å². The molecule has 0 aliphatic rings. The fourth-order valence-corrected chi connectivity index (χ4v) is 1.48. The number of likely N-dealkylation sites (N-methyl/N-ethyl adjacent to an activating group) is 1. The molecule has 15 heavy (non-hydrogen) atoms. The average Bonchev–Trinajstić information content (AvgIpc) is 2.17. The van der Waals surface area contributed by atoms with Crippen LogP contribution in [0.3, 0.4) is 0 Å². The van der Waals surface area contributed by atoms with E-state index in [-0.39, 0.29) is 12.5 Å². The van der Waals surface area contributed by atoms with Crippen molar-refractivity contribution in [1.82, 2.24) is 9.80 Å². The number of hydrogen-bond donors (Lipinski definition) is 1. The van der Waals surface area contributed by atoms with Gasteiger partial charge >= 0.3 is 0 Å². The molecule has 0 rings (SSSR count). The van der Waals surface area contributed by atoms with Gasteiger partial charge < -0.3 is 10.0 Å². The smallest absolute Gasteiger partial charge is 0.236 e. The number of hydrogen-bond acceptors (Lipinski definition) is 3. The van der Waals surface area contributed by atoms with Crippen LogP contribution in [0, 0.1) is 0 Å². The van der Waals surface area contributed by atoms with Gasteiger partial charge in [-0.25, -0.2) is 0 Å². The molecule has 1 N–H and O–H groups in total. The molecular formula is C11H24N2O2. The summed E-state index contributed by atoms with van der Waals surface area (Å²) in [6, 6.07) is 0. The number of amides is 1. The fraction of sp³-hybridized carbons (Fsp3) is 0.909. The van der Waals surface area contributed by atoms with Gasteiger partial charge in [0.05, 0.1) is 13.2 Å². The lowest BCUT2D eigenvalue weighted by Crippen LogP contribution is -2.40. The largest absolute Gasteiger partial charge is 0.395 e. The molecule has 4 nitrogen and oxygen atoms in total. The van der Waals surface area contributed by atoms with Crippen LogP contribution in [0.5, 0.6) is 0 Å². The van der Waals surface area contributed by atoms with E-state index >= 15 is 0 Å². The number of carbonyl (C=O) groups excluding carboxylic acids is 1. The van der Waals surface area contributed by atoms with E-state index in [4.69, 9.17) is 5.11 Å². The van der Waals surface area contributed by atoms with Gasteiger partial charge in [-0.05, 0) is 19.9 Å². The molecular weight excluding hydrogens is 192 g/mol. The lowest BCUT2D eigenvalue weighted by Gasteiger charge is -2.24. The zero-order chi connectivity index (χ0) is 11.7. The molecule has 0 unspecified atom stereocenters. The van der Waals surface area contributed by atoms with Crippen LogP contribution < -0.4 is 0 Å². The van der Waals surface area contributed by atoms with Crippen LogP contribution >= 0.6 is 0 Å². The van der Waals surface area contributed by atoms with Gasteiger partial charge in [0.15, 0.2) is 0 Å². The van der Waals surface area contributed by atoms with E-state index in [2.05, 4.69) is 13.8 Å². The van der Waals surface area contributed by atoms with Crippen LogP contribution in [0.15, 0.2) is 0 Å². The molecule has 90 valence electrons. The lowest BCUT2D eigenvalue weighted by atomic mass is 10.3. The molecule has 0 atom stereocenters. The van der Waals surface area contributed by atoms with Crippen molar-refractivity contribution in [3.63, 3.8) is 0 Å². The topological polar surface area (TPSA) is 43.8 Å². The van der Waals surface area contributed by atoms with Crippen molar-refractivity contribution in [1.29, 1.82) is 0 Å². The Balaban J connectivity index is 4.00. The summed E-state index contributed by atoms with van der Waals surface area (Å²) in [4.78, 5) is 15.6. The van der Waals surface area contributed by atoms with Gasteiger partial charge in [-0.2, -0.15) is 0 Å². The summed E-state index contributed by atoms with van der Waals surface area (Å²) in [6.07, 6.45) is 1.99. The summed E-state index contributed by atoms with van der Waals surface area (Å²) < 4.78 is 0. The fourth-order valence-electron chi connectivity index (χ4n) is 1.48. The van der Waals surface area contributed by atoms with Gasteiger partial charge in [0, 0.05) is 19.6 Å². The first-order chi connectivity index (χ1) is 7.15. The first-order valence-electron chi connectivity index (χ1n) is 5.72. The van der Waals surface area contributed by atoms with Gasteiger partial charge in [0.25, 0.3) is 0 Å². The number of aliphatic hydroxyl groups is 1. The molecule has 0 aromatic rings. The average molecular weight is 216 g/mol. The number of aliphatic hydroxyl groups excluding tert-OH is 1. The molecule has 1 amide bonds. The van der Waals surface area contributed by atoms with Gasteiger partial charge in [0.1, 0.15) is 0 Å². The van der Waals surface area contributed by atoms with Crippen molar-refractivity contribution < 1.29 is 9.90 Å². The standard InChI is InChI=1S/C11H24N2O2/c1-4-6-13(7-5-2)11(15)10-12(3)8-9-14/h14H,4-10H2,1-3H3. The minimum absolute atomic E-state index is 0.103. The minimum Gasteiger partial charge on any atom is -0.395 e. The van der Waals surface area contributed by atoms with E-state index < -0.39 is 0 Å². The molecule has 0 saturated heterocycles. The van der Waals surface area contributed by atoms with Gasteiger partial charge in [-0.15, -0.1) is 0 Å². The summed E-state index contributed by atoms with van der Waals surface area (Å²) in [5.41, 5.74) is 0. The zero-order valence-electron chi connectivity index (χ0n) is 10.2. The summed E-state index contributed by atoms with van der Waals surface area (Å²) >= 11 is 0. The molecule has 0 aromatic carbocycles. The van der Waals surface area contributed by atoms with E-state index in [1.54, 1.807) is 0 Å². The van der Waals surface area contributed by atoms with E-state index in [0.717, 1.165) is 25.9 Å². The number of carbonyl (C=O) groups is 1. The summed E-state index contributed by atoms with van der Waals surface area (Å²) in [5.74, 6) is 0.162. The number of rotatable bonds is 8. The minimum atomic E-state index is 0.103. The Hall–Kier alpha value is -0.610.